The van der Waals surface area contributed by atoms with Crippen LogP contribution in [0.5, 0.6) is 0 Å². The summed E-state index contributed by atoms with van der Waals surface area (Å²) in [6.07, 6.45) is 0. The van der Waals surface area contributed by atoms with Crippen LogP contribution in [-0.4, -0.2) is 21.4 Å². The van der Waals surface area contributed by atoms with E-state index in [2.05, 4.69) is 20.6 Å². The van der Waals surface area contributed by atoms with Gasteiger partial charge < -0.3 is 10.6 Å². The summed E-state index contributed by atoms with van der Waals surface area (Å²) in [4.78, 5) is 20.9. The Bertz CT molecular complexity index is 689. The Balaban J connectivity index is 2.25. The molecule has 2 N–H and O–H groups in total. The van der Waals surface area contributed by atoms with Gasteiger partial charge in [0.2, 0.25) is 5.95 Å². The minimum absolute atomic E-state index is 0.203. The van der Waals surface area contributed by atoms with E-state index >= 15 is 0 Å². The highest BCUT2D eigenvalue weighted by Gasteiger charge is 2.17. The van der Waals surface area contributed by atoms with Gasteiger partial charge in [0.05, 0.1) is 0 Å². The van der Waals surface area contributed by atoms with E-state index in [-0.39, 0.29) is 11.4 Å². The predicted molar refractivity (Wildman–Crippen MR) is 88.4 cm³/mol. The van der Waals surface area contributed by atoms with Crippen LogP contribution in [0, 0.1) is 13.8 Å². The maximum absolute atomic E-state index is 12.2. The van der Waals surface area contributed by atoms with Crippen LogP contribution < -0.4 is 10.6 Å². The lowest BCUT2D eigenvalue weighted by Gasteiger charge is -2.20. The maximum Gasteiger partial charge on any atom is 0.270 e. The molecule has 1 aromatic carbocycles. The van der Waals surface area contributed by atoms with Gasteiger partial charge in [-0.3, -0.25) is 4.79 Å². The molecule has 0 radical (unpaired) electrons. The van der Waals surface area contributed by atoms with Crippen molar-refractivity contribution in [1.82, 2.24) is 15.3 Å². The summed E-state index contributed by atoms with van der Waals surface area (Å²) in [5, 5.41) is 6.05. The zero-order chi connectivity index (χ0) is 16.3. The molecule has 5 heteroatoms. The van der Waals surface area contributed by atoms with Gasteiger partial charge in [0.15, 0.2) is 0 Å². The summed E-state index contributed by atoms with van der Waals surface area (Å²) in [6.45, 7) is 9.67. The van der Waals surface area contributed by atoms with Gasteiger partial charge in [-0.1, -0.05) is 12.1 Å². The number of aromatic nitrogens is 2. The molecule has 0 aliphatic carbocycles. The Morgan fingerprint density at radius 3 is 2.45 bits per heavy atom. The molecule has 0 aliphatic rings. The molecule has 0 aliphatic heterocycles. The largest absolute Gasteiger partial charge is 0.346 e. The van der Waals surface area contributed by atoms with Crippen molar-refractivity contribution >= 4 is 17.5 Å². The lowest BCUT2D eigenvalue weighted by atomic mass is 10.1. The highest BCUT2D eigenvalue weighted by Crippen LogP contribution is 2.15. The summed E-state index contributed by atoms with van der Waals surface area (Å²) in [5.41, 5.74) is 2.83. The SMILES string of the molecule is Cc1cccc(Nc2nc(C)cc(C(=O)NC(C)(C)C)n2)c1. The molecule has 1 amide bonds. The van der Waals surface area contributed by atoms with Gasteiger partial charge in [0.1, 0.15) is 5.69 Å². The summed E-state index contributed by atoms with van der Waals surface area (Å²) in [6, 6.07) is 9.60. The van der Waals surface area contributed by atoms with Crippen molar-refractivity contribution in [3.63, 3.8) is 0 Å². The third-order valence-electron chi connectivity index (χ3n) is 2.85. The van der Waals surface area contributed by atoms with Crippen molar-refractivity contribution in [2.75, 3.05) is 5.32 Å². The molecule has 0 fully saturated rings. The van der Waals surface area contributed by atoms with Crippen LogP contribution in [0.15, 0.2) is 30.3 Å². The van der Waals surface area contributed by atoms with E-state index < -0.39 is 0 Å². The molecule has 2 aromatic rings. The number of aryl methyl sites for hydroxylation is 2. The van der Waals surface area contributed by atoms with E-state index in [1.165, 1.54) is 0 Å². The Hall–Kier alpha value is -2.43. The molecule has 5 nitrogen and oxygen atoms in total. The van der Waals surface area contributed by atoms with Gasteiger partial charge in [-0.15, -0.1) is 0 Å². The number of nitrogens with zero attached hydrogens (tertiary/aromatic N) is 2. The standard InChI is InChI=1S/C17H22N4O/c1-11-7-6-8-13(9-11)19-16-18-12(2)10-14(20-16)15(22)21-17(3,4)5/h6-10H,1-5H3,(H,21,22)(H,18,19,20). The molecule has 0 unspecified atom stereocenters. The zero-order valence-corrected chi connectivity index (χ0v) is 13.7. The van der Waals surface area contributed by atoms with E-state index in [4.69, 9.17) is 0 Å². The van der Waals surface area contributed by atoms with Crippen LogP contribution in [0.2, 0.25) is 0 Å². The number of carbonyl (C=O) groups excluding carboxylic acids is 1. The van der Waals surface area contributed by atoms with E-state index in [0.29, 0.717) is 11.6 Å². The van der Waals surface area contributed by atoms with Crippen molar-refractivity contribution in [2.45, 2.75) is 40.2 Å². The number of benzene rings is 1. The number of rotatable bonds is 3. The molecule has 0 spiro atoms. The van der Waals surface area contributed by atoms with E-state index in [0.717, 1.165) is 16.9 Å². The minimum Gasteiger partial charge on any atom is -0.346 e. The van der Waals surface area contributed by atoms with Gasteiger partial charge in [-0.05, 0) is 58.4 Å². The topological polar surface area (TPSA) is 66.9 Å². The molecule has 0 saturated carbocycles. The number of hydrogen-bond donors (Lipinski definition) is 2. The first-order chi connectivity index (χ1) is 10.2. The molecule has 116 valence electrons. The van der Waals surface area contributed by atoms with Gasteiger partial charge in [0, 0.05) is 16.9 Å². The van der Waals surface area contributed by atoms with Gasteiger partial charge in [-0.25, -0.2) is 9.97 Å². The maximum atomic E-state index is 12.2. The molecule has 2 rings (SSSR count). The fraction of sp³-hybridized carbons (Fsp3) is 0.353. The Morgan fingerprint density at radius 1 is 1.09 bits per heavy atom. The molecule has 0 saturated heterocycles. The van der Waals surface area contributed by atoms with Crippen molar-refractivity contribution in [3.05, 3.63) is 47.3 Å². The van der Waals surface area contributed by atoms with E-state index in [1.54, 1.807) is 6.07 Å². The Morgan fingerprint density at radius 2 is 1.82 bits per heavy atom. The highest BCUT2D eigenvalue weighted by atomic mass is 16.2. The van der Waals surface area contributed by atoms with Crippen molar-refractivity contribution in [1.29, 1.82) is 0 Å². The summed E-state index contributed by atoms with van der Waals surface area (Å²) in [7, 11) is 0. The second kappa shape index (κ2) is 6.13. The minimum atomic E-state index is -0.305. The van der Waals surface area contributed by atoms with E-state index in [1.807, 2.05) is 58.9 Å². The quantitative estimate of drug-likeness (QED) is 0.911. The third kappa shape index (κ3) is 4.55. The average molecular weight is 298 g/mol. The molecule has 0 atom stereocenters. The van der Waals surface area contributed by atoms with Gasteiger partial charge >= 0.3 is 0 Å². The Labute approximate surface area is 131 Å². The second-order valence-electron chi connectivity index (χ2n) is 6.42. The van der Waals surface area contributed by atoms with Crippen LogP contribution in [0.4, 0.5) is 11.6 Å². The highest BCUT2D eigenvalue weighted by molar-refractivity contribution is 5.93. The number of hydrogen-bond acceptors (Lipinski definition) is 4. The number of anilines is 2. The summed E-state index contributed by atoms with van der Waals surface area (Å²) >= 11 is 0. The van der Waals surface area contributed by atoms with Crippen molar-refractivity contribution < 1.29 is 4.79 Å². The molecule has 1 aromatic heterocycles. The van der Waals surface area contributed by atoms with Crippen LogP contribution in [0.3, 0.4) is 0 Å². The Kier molecular flexibility index (Phi) is 4.45. The summed E-state index contributed by atoms with van der Waals surface area (Å²) in [5.74, 6) is 0.218. The van der Waals surface area contributed by atoms with Gasteiger partial charge in [-0.2, -0.15) is 0 Å². The fourth-order valence-electron chi connectivity index (χ4n) is 2.00. The fourth-order valence-corrected chi connectivity index (χ4v) is 2.00. The molecule has 1 heterocycles. The number of amides is 1. The molecular formula is C17H22N4O. The molecule has 0 bridgehead atoms. The van der Waals surface area contributed by atoms with Crippen molar-refractivity contribution in [2.24, 2.45) is 0 Å². The van der Waals surface area contributed by atoms with Crippen LogP contribution in [0.1, 0.15) is 42.5 Å². The lowest BCUT2D eigenvalue weighted by molar-refractivity contribution is 0.0914. The third-order valence-corrected chi connectivity index (χ3v) is 2.85. The lowest BCUT2D eigenvalue weighted by Crippen LogP contribution is -2.41. The van der Waals surface area contributed by atoms with Crippen LogP contribution >= 0.6 is 0 Å². The monoisotopic (exact) mass is 298 g/mol. The van der Waals surface area contributed by atoms with Crippen LogP contribution in [0.25, 0.3) is 0 Å². The van der Waals surface area contributed by atoms with Crippen LogP contribution in [-0.2, 0) is 0 Å². The van der Waals surface area contributed by atoms with Crippen molar-refractivity contribution in [3.8, 4) is 0 Å². The average Bonchev–Trinajstić information content (AvgIpc) is 2.36. The first-order valence-electron chi connectivity index (χ1n) is 7.25. The number of nitrogens with one attached hydrogen (secondary N) is 2. The smallest absolute Gasteiger partial charge is 0.270 e. The normalized spacial score (nSPS) is 11.1. The first-order valence-corrected chi connectivity index (χ1v) is 7.25. The molecule has 22 heavy (non-hydrogen) atoms. The van der Waals surface area contributed by atoms with Gasteiger partial charge in [0.25, 0.3) is 5.91 Å². The second-order valence-corrected chi connectivity index (χ2v) is 6.42. The zero-order valence-electron chi connectivity index (χ0n) is 13.7. The summed E-state index contributed by atoms with van der Waals surface area (Å²) < 4.78 is 0. The number of carbonyl (C=O) groups is 1. The first kappa shape index (κ1) is 15.9. The van der Waals surface area contributed by atoms with E-state index in [9.17, 15) is 4.79 Å². The molecular weight excluding hydrogens is 276 g/mol. The predicted octanol–water partition coefficient (Wildman–Crippen LogP) is 3.37.